The number of rotatable bonds is 6. The summed E-state index contributed by atoms with van der Waals surface area (Å²) in [5.74, 6) is -0.563. The van der Waals surface area contributed by atoms with E-state index in [-0.39, 0.29) is 19.3 Å². The first kappa shape index (κ1) is 47.9. The molecule has 6 aromatic heterocycles. The van der Waals surface area contributed by atoms with Crippen molar-refractivity contribution in [3.05, 3.63) is 95.6 Å². The van der Waals surface area contributed by atoms with E-state index in [1.807, 2.05) is 24.8 Å². The third-order valence-corrected chi connectivity index (χ3v) is 13.3. The molecule has 6 aromatic rings. The Bertz CT molecular complexity index is 2620. The fourth-order valence-electron chi connectivity index (χ4n) is 9.64. The van der Waals surface area contributed by atoms with Crippen molar-refractivity contribution >= 4 is 45.3 Å². The smallest absolute Gasteiger partial charge is 0.335 e. The van der Waals surface area contributed by atoms with Crippen LogP contribution in [0.3, 0.4) is 0 Å². The third-order valence-electron chi connectivity index (χ3n) is 13.3. The van der Waals surface area contributed by atoms with E-state index >= 15 is 0 Å². The topological polar surface area (TPSA) is 226 Å². The van der Waals surface area contributed by atoms with E-state index < -0.39 is 17.2 Å². The van der Waals surface area contributed by atoms with Gasteiger partial charge in [0.15, 0.2) is 5.60 Å². The third kappa shape index (κ3) is 10.2. The summed E-state index contributed by atoms with van der Waals surface area (Å²) in [4.78, 5) is 63.0. The molecule has 4 aliphatic rings. The Labute approximate surface area is 386 Å². The van der Waals surface area contributed by atoms with Gasteiger partial charge in [-0.05, 0) is 105 Å². The predicted octanol–water partition coefficient (Wildman–Crippen LogP) is 6.03. The summed E-state index contributed by atoms with van der Waals surface area (Å²) in [6.07, 6.45) is 17.0. The van der Waals surface area contributed by atoms with Gasteiger partial charge in [0.2, 0.25) is 0 Å². The number of piperidine rings is 2. The molecule has 2 saturated heterocycles. The first-order valence-corrected chi connectivity index (χ1v) is 22.8. The van der Waals surface area contributed by atoms with Crippen molar-refractivity contribution in [3.8, 4) is 0 Å². The Hall–Kier alpha value is -6.04. The zero-order valence-corrected chi connectivity index (χ0v) is 38.3. The summed E-state index contributed by atoms with van der Waals surface area (Å²) in [5, 5.41) is 32.3. The molecule has 6 N–H and O–H groups in total. The molecular formula is C49H66N12O5. The number of H-pyrrole nitrogens is 2. The van der Waals surface area contributed by atoms with Gasteiger partial charge in [-0.3, -0.25) is 4.79 Å². The van der Waals surface area contributed by atoms with Crippen molar-refractivity contribution in [3.63, 3.8) is 0 Å². The monoisotopic (exact) mass is 903 g/mol. The lowest BCUT2D eigenvalue weighted by Gasteiger charge is -2.39. The Balaban J connectivity index is 0.000000172. The summed E-state index contributed by atoms with van der Waals surface area (Å²) < 4.78 is 0. The second kappa shape index (κ2) is 19.8. The molecule has 2 atom stereocenters. The van der Waals surface area contributed by atoms with Crippen LogP contribution in [0.25, 0.3) is 22.1 Å². The summed E-state index contributed by atoms with van der Waals surface area (Å²) >= 11 is 0. The molecule has 0 spiro atoms. The first-order valence-electron chi connectivity index (χ1n) is 22.8. The number of carboxylic acids is 1. The number of carbonyl (C=O) groups is 2. The molecule has 352 valence electrons. The average Bonchev–Trinajstić information content (AvgIpc) is 3.99. The minimum absolute atomic E-state index is 0. The first-order chi connectivity index (χ1) is 31.1. The standard InChI is InChI=1S/C24H30N6O2.C20H24N6.C4H8O3.CH4/c1-15-12-19-18(13-30(15)20-5-9-26-22-17(20)4-8-25-22)21(28-14-27-19)16-6-10-29(11-7-16)23(31)24(2,3)32;1-13-10-17-16(19(25-12-24-17)14-2-6-21-7-3-14)11-26(13)18-5-9-23-20-15(18)4-8-22-20;1-4(2,7)3(5)6;/h4-5,8-9,14-16,32H,6-7,10-13H2,1-3H3,(H,25,26);4-5,8-9,12-14,21H,2-3,6-7,10-11H2,1H3,(H,22,23);7H,1-2H3,(H,5,6);1H4/t15-;13-;;/m11../s1. The number of anilines is 2. The zero-order chi connectivity index (χ0) is 46.0. The van der Waals surface area contributed by atoms with Gasteiger partial charge in [-0.15, -0.1) is 0 Å². The predicted molar refractivity (Wildman–Crippen MR) is 255 cm³/mol. The van der Waals surface area contributed by atoms with Gasteiger partial charge in [0, 0.05) is 121 Å². The van der Waals surface area contributed by atoms with Gasteiger partial charge < -0.3 is 45.3 Å². The number of carboxylic acid groups (broad SMARTS) is 1. The number of fused-ring (bicyclic) bond motifs is 4. The number of amides is 1. The molecule has 0 saturated carbocycles. The molecule has 1 amide bonds. The molecule has 0 aromatic carbocycles. The number of carbonyl (C=O) groups excluding carboxylic acids is 1. The molecule has 17 nitrogen and oxygen atoms in total. The lowest BCUT2D eigenvalue weighted by Crippen LogP contribution is -2.48. The number of aliphatic hydroxyl groups is 2. The van der Waals surface area contributed by atoms with Crippen LogP contribution in [0.15, 0.2) is 61.7 Å². The van der Waals surface area contributed by atoms with Gasteiger partial charge in [0.05, 0.1) is 22.8 Å². The number of nitrogens with zero attached hydrogens (tertiary/aromatic N) is 9. The van der Waals surface area contributed by atoms with Crippen LogP contribution in [-0.2, 0) is 35.5 Å². The number of likely N-dealkylation sites (tertiary alicyclic amines) is 1. The second-order valence-electron chi connectivity index (χ2n) is 18.9. The van der Waals surface area contributed by atoms with E-state index in [4.69, 9.17) is 20.2 Å². The van der Waals surface area contributed by atoms with Crippen molar-refractivity contribution in [2.24, 2.45) is 0 Å². The average molecular weight is 903 g/mol. The molecule has 10 rings (SSSR count). The van der Waals surface area contributed by atoms with Crippen molar-refractivity contribution < 1.29 is 24.9 Å². The maximum absolute atomic E-state index is 12.5. The molecule has 0 aliphatic carbocycles. The van der Waals surface area contributed by atoms with Crippen molar-refractivity contribution in [1.29, 1.82) is 0 Å². The van der Waals surface area contributed by atoms with Crippen molar-refractivity contribution in [1.82, 2.24) is 50.1 Å². The molecule has 17 heteroatoms. The van der Waals surface area contributed by atoms with Crippen LogP contribution in [0.2, 0.25) is 0 Å². The van der Waals surface area contributed by atoms with Gasteiger partial charge in [-0.1, -0.05) is 7.43 Å². The van der Waals surface area contributed by atoms with Crippen LogP contribution >= 0.6 is 0 Å². The Morgan fingerprint density at radius 2 is 1.09 bits per heavy atom. The molecule has 0 bridgehead atoms. The van der Waals surface area contributed by atoms with Gasteiger partial charge >= 0.3 is 5.97 Å². The van der Waals surface area contributed by atoms with Gasteiger partial charge in [-0.2, -0.15) is 0 Å². The van der Waals surface area contributed by atoms with Crippen LogP contribution in [0.4, 0.5) is 11.4 Å². The van der Waals surface area contributed by atoms with Crippen LogP contribution in [0.1, 0.15) is 120 Å². The number of aromatic nitrogens is 8. The highest BCUT2D eigenvalue weighted by Gasteiger charge is 2.36. The molecule has 0 unspecified atom stereocenters. The number of hydrogen-bond acceptors (Lipinski definition) is 13. The molecule has 0 radical (unpaired) electrons. The lowest BCUT2D eigenvalue weighted by molar-refractivity contribution is -0.154. The highest BCUT2D eigenvalue weighted by molar-refractivity contribution is 5.91. The van der Waals surface area contributed by atoms with Crippen LogP contribution in [-0.4, -0.2) is 121 Å². The maximum Gasteiger partial charge on any atom is 0.335 e. The molecular weight excluding hydrogens is 837 g/mol. The summed E-state index contributed by atoms with van der Waals surface area (Å²) in [6.45, 7) is 15.2. The second-order valence-corrected chi connectivity index (χ2v) is 18.9. The van der Waals surface area contributed by atoms with E-state index in [1.165, 1.54) is 53.1 Å². The van der Waals surface area contributed by atoms with Gasteiger partial charge in [-0.25, -0.2) is 34.7 Å². The number of aromatic amines is 2. The normalized spacial score (nSPS) is 19.2. The van der Waals surface area contributed by atoms with E-state index in [2.05, 4.69) is 83.1 Å². The molecule has 4 aliphatic heterocycles. The number of pyridine rings is 2. The lowest BCUT2D eigenvalue weighted by atomic mass is 9.87. The Morgan fingerprint density at radius 1 is 0.652 bits per heavy atom. The molecule has 10 heterocycles. The fraction of sp³-hybridized carbons (Fsp3) is 0.510. The highest BCUT2D eigenvalue weighted by Crippen LogP contribution is 2.38. The molecule has 66 heavy (non-hydrogen) atoms. The fourth-order valence-corrected chi connectivity index (χ4v) is 9.64. The summed E-state index contributed by atoms with van der Waals surface area (Å²) in [6, 6.07) is 9.14. The van der Waals surface area contributed by atoms with Gasteiger partial charge in [0.25, 0.3) is 5.91 Å². The quantitative estimate of drug-likeness (QED) is 0.112. The SMILES string of the molecule is C.CC(C)(O)C(=O)O.C[C@@H]1Cc2ncnc(C3CCN(C(=O)C(C)(C)O)CC3)c2CN1c1ccnc2[nH]ccc12.C[C@@H]1Cc2ncnc(C3CCNCC3)c2CN1c1ccnc2[nH]ccc12. The van der Waals surface area contributed by atoms with E-state index in [1.54, 1.807) is 31.4 Å². The Morgan fingerprint density at radius 3 is 1.52 bits per heavy atom. The Kier molecular flexibility index (Phi) is 14.4. The zero-order valence-electron chi connectivity index (χ0n) is 38.3. The number of nitrogens with one attached hydrogen (secondary N) is 3. The number of aliphatic carboxylic acids is 1. The largest absolute Gasteiger partial charge is 0.479 e. The summed E-state index contributed by atoms with van der Waals surface area (Å²) in [7, 11) is 0. The van der Waals surface area contributed by atoms with Crippen LogP contribution in [0.5, 0.6) is 0 Å². The van der Waals surface area contributed by atoms with Crippen molar-refractivity contribution in [2.45, 2.75) is 136 Å². The minimum atomic E-state index is -1.58. The van der Waals surface area contributed by atoms with Crippen molar-refractivity contribution in [2.75, 3.05) is 36.0 Å². The van der Waals surface area contributed by atoms with E-state index in [0.717, 1.165) is 92.8 Å². The van der Waals surface area contributed by atoms with Crippen LogP contribution in [0, 0.1) is 0 Å². The number of hydrogen-bond donors (Lipinski definition) is 6. The van der Waals surface area contributed by atoms with E-state index in [9.17, 15) is 14.7 Å². The minimum Gasteiger partial charge on any atom is -0.479 e. The maximum atomic E-state index is 12.5. The summed E-state index contributed by atoms with van der Waals surface area (Å²) in [5.41, 5.74) is 8.67. The van der Waals surface area contributed by atoms with Crippen LogP contribution < -0.4 is 15.1 Å². The highest BCUT2D eigenvalue weighted by atomic mass is 16.4. The molecule has 2 fully saturated rings. The van der Waals surface area contributed by atoms with Gasteiger partial charge in [0.1, 0.15) is 29.6 Å². The van der Waals surface area contributed by atoms with E-state index in [0.29, 0.717) is 31.1 Å².